The van der Waals surface area contributed by atoms with Gasteiger partial charge in [0.2, 0.25) is 6.79 Å². The molecule has 0 saturated heterocycles. The Labute approximate surface area is 118 Å². The minimum Gasteiger partial charge on any atom is -0.427 e. The lowest BCUT2D eigenvalue weighted by Crippen LogP contribution is -2.27. The first-order valence-corrected chi connectivity index (χ1v) is 5.65. The van der Waals surface area contributed by atoms with Gasteiger partial charge < -0.3 is 14.8 Å². The summed E-state index contributed by atoms with van der Waals surface area (Å²) >= 11 is 0. The average Bonchev–Trinajstić information content (AvgIpc) is 2.28. The van der Waals surface area contributed by atoms with E-state index in [1.807, 2.05) is 0 Å². The fourth-order valence-electron chi connectivity index (χ4n) is 1.25. The van der Waals surface area contributed by atoms with Gasteiger partial charge in [0.25, 0.3) is 0 Å². The number of carbonyl (C=O) groups excluding carboxylic acids is 2. The summed E-state index contributed by atoms with van der Waals surface area (Å²) in [4.78, 5) is 22.9. The molecule has 0 spiro atoms. The summed E-state index contributed by atoms with van der Waals surface area (Å²) < 4.78 is 9.71. The normalized spacial score (nSPS) is 15.2. The highest BCUT2D eigenvalue weighted by atomic mass is 79.9. The summed E-state index contributed by atoms with van der Waals surface area (Å²) in [5, 5.41) is 3.09. The molecule has 0 aromatic heterocycles. The Morgan fingerprint density at radius 2 is 2.00 bits per heavy atom. The number of esters is 2. The molecular formula is C12H20BrNO4. The van der Waals surface area contributed by atoms with Crippen molar-refractivity contribution in [3.63, 3.8) is 0 Å². The molecule has 0 radical (unpaired) electrons. The molecule has 104 valence electrons. The van der Waals surface area contributed by atoms with Crippen LogP contribution in [-0.2, 0) is 19.1 Å². The molecule has 1 heterocycles. The highest BCUT2D eigenvalue weighted by Crippen LogP contribution is 2.15. The van der Waals surface area contributed by atoms with Gasteiger partial charge in [-0.15, -0.1) is 17.0 Å². The van der Waals surface area contributed by atoms with Crippen LogP contribution < -0.4 is 5.32 Å². The van der Waals surface area contributed by atoms with E-state index in [1.165, 1.54) is 0 Å². The molecular weight excluding hydrogens is 302 g/mol. The minimum atomic E-state index is -0.583. The standard InChI is InChI=1S/C12H19NO4.BrH/c1-12(2,3)11(15)17-8-16-10(14)9-4-6-13-7-5-9;/h4,13H,5-8H2,1-3H3;1H. The largest absolute Gasteiger partial charge is 0.427 e. The molecule has 0 fully saturated rings. The minimum absolute atomic E-state index is 0. The van der Waals surface area contributed by atoms with Crippen LogP contribution in [0, 0.1) is 5.41 Å². The monoisotopic (exact) mass is 321 g/mol. The molecule has 5 nitrogen and oxygen atoms in total. The van der Waals surface area contributed by atoms with Crippen molar-refractivity contribution in [3.8, 4) is 0 Å². The Balaban J connectivity index is 0.00000289. The van der Waals surface area contributed by atoms with Gasteiger partial charge in [-0.2, -0.15) is 0 Å². The van der Waals surface area contributed by atoms with Gasteiger partial charge in [-0.3, -0.25) is 4.79 Å². The molecule has 0 aromatic rings. The van der Waals surface area contributed by atoms with E-state index in [2.05, 4.69) is 5.32 Å². The lowest BCUT2D eigenvalue weighted by molar-refractivity contribution is -0.171. The molecule has 1 rings (SSSR count). The lowest BCUT2D eigenvalue weighted by Gasteiger charge is -2.17. The second-order valence-corrected chi connectivity index (χ2v) is 4.91. The van der Waals surface area contributed by atoms with E-state index in [1.54, 1.807) is 26.8 Å². The number of rotatable bonds is 3. The zero-order chi connectivity index (χ0) is 12.9. The van der Waals surface area contributed by atoms with E-state index in [0.717, 1.165) is 6.54 Å². The van der Waals surface area contributed by atoms with Gasteiger partial charge in [0, 0.05) is 12.1 Å². The van der Waals surface area contributed by atoms with Crippen molar-refractivity contribution in [1.29, 1.82) is 0 Å². The van der Waals surface area contributed by atoms with Gasteiger partial charge in [-0.25, -0.2) is 4.79 Å². The Hall–Kier alpha value is -0.880. The van der Waals surface area contributed by atoms with Crippen molar-refractivity contribution in [3.05, 3.63) is 11.6 Å². The van der Waals surface area contributed by atoms with Crippen molar-refractivity contribution in [2.45, 2.75) is 27.2 Å². The van der Waals surface area contributed by atoms with Crippen LogP contribution in [0.1, 0.15) is 27.2 Å². The van der Waals surface area contributed by atoms with Gasteiger partial charge in [-0.05, 0) is 33.7 Å². The Kier molecular flexibility index (Phi) is 7.16. The second kappa shape index (κ2) is 7.53. The summed E-state index contributed by atoms with van der Waals surface area (Å²) in [5.41, 5.74) is 0.0519. The summed E-state index contributed by atoms with van der Waals surface area (Å²) in [6.45, 7) is 6.35. The first kappa shape index (κ1) is 17.1. The molecule has 1 aliphatic rings. The summed E-state index contributed by atoms with van der Waals surface area (Å²) in [7, 11) is 0. The van der Waals surface area contributed by atoms with Crippen LogP contribution in [0.25, 0.3) is 0 Å². The maximum absolute atomic E-state index is 11.5. The first-order valence-electron chi connectivity index (χ1n) is 5.65. The van der Waals surface area contributed by atoms with E-state index in [9.17, 15) is 9.59 Å². The van der Waals surface area contributed by atoms with Crippen LogP contribution in [0.4, 0.5) is 0 Å². The number of hydrogen-bond acceptors (Lipinski definition) is 5. The zero-order valence-corrected chi connectivity index (χ0v) is 12.7. The quantitative estimate of drug-likeness (QED) is 0.631. The van der Waals surface area contributed by atoms with Crippen molar-refractivity contribution in [1.82, 2.24) is 5.32 Å². The average molecular weight is 322 g/mol. The molecule has 0 saturated carbocycles. The van der Waals surface area contributed by atoms with Crippen LogP contribution in [0.3, 0.4) is 0 Å². The number of carbonyl (C=O) groups is 2. The summed E-state index contributed by atoms with van der Waals surface area (Å²) in [6, 6.07) is 0. The highest BCUT2D eigenvalue weighted by Gasteiger charge is 2.23. The van der Waals surface area contributed by atoms with E-state index in [-0.39, 0.29) is 29.7 Å². The van der Waals surface area contributed by atoms with Crippen LogP contribution in [-0.4, -0.2) is 31.8 Å². The molecule has 18 heavy (non-hydrogen) atoms. The number of ether oxygens (including phenoxy) is 2. The third kappa shape index (κ3) is 5.64. The smallest absolute Gasteiger partial charge is 0.336 e. The van der Waals surface area contributed by atoms with Crippen LogP contribution >= 0.6 is 17.0 Å². The predicted molar refractivity (Wildman–Crippen MR) is 72.4 cm³/mol. The van der Waals surface area contributed by atoms with Crippen molar-refractivity contribution in [2.24, 2.45) is 5.41 Å². The topological polar surface area (TPSA) is 64.6 Å². The molecule has 0 bridgehead atoms. The molecule has 1 N–H and O–H groups in total. The summed E-state index contributed by atoms with van der Waals surface area (Å²) in [5.74, 6) is -0.794. The SMILES string of the molecule is Br.CC(C)(C)C(=O)OCOC(=O)C1=CCNCC1. The maximum Gasteiger partial charge on any atom is 0.336 e. The van der Waals surface area contributed by atoms with Crippen molar-refractivity contribution < 1.29 is 19.1 Å². The van der Waals surface area contributed by atoms with E-state index in [0.29, 0.717) is 18.5 Å². The fourth-order valence-corrected chi connectivity index (χ4v) is 1.25. The first-order chi connectivity index (χ1) is 7.91. The molecule has 1 aliphatic heterocycles. The molecule has 0 aliphatic carbocycles. The van der Waals surface area contributed by atoms with Crippen molar-refractivity contribution >= 4 is 28.9 Å². The molecule has 0 unspecified atom stereocenters. The van der Waals surface area contributed by atoms with Gasteiger partial charge in [-0.1, -0.05) is 6.08 Å². The van der Waals surface area contributed by atoms with Crippen LogP contribution in [0.5, 0.6) is 0 Å². The fraction of sp³-hybridized carbons (Fsp3) is 0.667. The maximum atomic E-state index is 11.5. The third-order valence-corrected chi connectivity index (χ3v) is 2.32. The number of nitrogens with one attached hydrogen (secondary N) is 1. The molecule has 0 atom stereocenters. The van der Waals surface area contributed by atoms with Gasteiger partial charge in [0.1, 0.15) is 0 Å². The number of hydrogen-bond donors (Lipinski definition) is 1. The zero-order valence-electron chi connectivity index (χ0n) is 10.9. The van der Waals surface area contributed by atoms with Crippen LogP contribution in [0.15, 0.2) is 11.6 Å². The van der Waals surface area contributed by atoms with E-state index in [4.69, 9.17) is 9.47 Å². The Morgan fingerprint density at radius 3 is 2.50 bits per heavy atom. The molecule has 0 aromatic carbocycles. The van der Waals surface area contributed by atoms with Crippen molar-refractivity contribution in [2.75, 3.05) is 19.9 Å². The number of halogens is 1. The molecule has 0 amide bonds. The van der Waals surface area contributed by atoms with E-state index < -0.39 is 11.4 Å². The Morgan fingerprint density at radius 1 is 1.33 bits per heavy atom. The van der Waals surface area contributed by atoms with Gasteiger partial charge in [0.15, 0.2) is 0 Å². The lowest BCUT2D eigenvalue weighted by atomic mass is 9.98. The Bertz CT molecular complexity index is 333. The molecule has 6 heteroatoms. The van der Waals surface area contributed by atoms with E-state index >= 15 is 0 Å². The van der Waals surface area contributed by atoms with Gasteiger partial charge in [0.05, 0.1) is 5.41 Å². The second-order valence-electron chi connectivity index (χ2n) is 4.91. The van der Waals surface area contributed by atoms with Crippen LogP contribution in [0.2, 0.25) is 0 Å². The highest BCUT2D eigenvalue weighted by molar-refractivity contribution is 8.93. The van der Waals surface area contributed by atoms with Gasteiger partial charge >= 0.3 is 11.9 Å². The predicted octanol–water partition coefficient (Wildman–Crippen LogP) is 1.57. The summed E-state index contributed by atoms with van der Waals surface area (Å²) in [6.07, 6.45) is 2.43. The third-order valence-electron chi connectivity index (χ3n) is 2.32.